The molecule has 2 fully saturated rings. The predicted octanol–water partition coefficient (Wildman–Crippen LogP) is 3.65. The third kappa shape index (κ3) is 3.58. The predicted molar refractivity (Wildman–Crippen MR) is 91.1 cm³/mol. The van der Waals surface area contributed by atoms with E-state index in [2.05, 4.69) is 18.7 Å². The minimum Gasteiger partial charge on any atom is -0.392 e. The molecular weight excluding hydrogens is 280 g/mol. The van der Waals surface area contributed by atoms with E-state index < -0.39 is 5.41 Å². The van der Waals surface area contributed by atoms with Crippen molar-refractivity contribution in [1.29, 1.82) is 0 Å². The van der Waals surface area contributed by atoms with E-state index in [1.807, 2.05) is 0 Å². The average Bonchev–Trinajstić information content (AvgIpc) is 2.98. The Morgan fingerprint density at radius 3 is 2.24 bits per heavy atom. The highest BCUT2D eigenvalue weighted by molar-refractivity contribution is 7.80. The highest BCUT2D eigenvalue weighted by Gasteiger charge is 2.46. The second-order valence-corrected chi connectivity index (χ2v) is 7.74. The van der Waals surface area contributed by atoms with Gasteiger partial charge in [0.1, 0.15) is 0 Å². The quantitative estimate of drug-likeness (QED) is 0.788. The summed E-state index contributed by atoms with van der Waals surface area (Å²) in [7, 11) is 0. The van der Waals surface area contributed by atoms with Crippen LogP contribution >= 0.6 is 12.2 Å². The van der Waals surface area contributed by atoms with E-state index in [4.69, 9.17) is 18.0 Å². The summed E-state index contributed by atoms with van der Waals surface area (Å²) >= 11 is 5.34. The standard InChI is InChI=1S/C17H30N2OS/c1-13(2)12-19(14-8-4-5-9-14)16(20)17(15(18)21)10-6-3-7-11-17/h13-14H,3-12H2,1-2H3,(H2,18,21). The Hall–Kier alpha value is -0.640. The zero-order chi connectivity index (χ0) is 15.5. The SMILES string of the molecule is CC(C)CN(C(=O)C1(C(N)=S)CCCCC1)C1CCCC1. The van der Waals surface area contributed by atoms with E-state index in [1.54, 1.807) is 0 Å². The van der Waals surface area contributed by atoms with Gasteiger partial charge in [-0.2, -0.15) is 0 Å². The topological polar surface area (TPSA) is 46.3 Å². The maximum atomic E-state index is 13.3. The number of carbonyl (C=O) groups is 1. The number of thiocarbonyl (C=S) groups is 1. The Morgan fingerprint density at radius 2 is 1.76 bits per heavy atom. The third-order valence-electron chi connectivity index (χ3n) is 5.18. The van der Waals surface area contributed by atoms with Crippen molar-refractivity contribution < 1.29 is 4.79 Å². The lowest BCUT2D eigenvalue weighted by atomic mass is 9.72. The third-order valence-corrected chi connectivity index (χ3v) is 5.57. The Morgan fingerprint density at radius 1 is 1.19 bits per heavy atom. The van der Waals surface area contributed by atoms with Crippen molar-refractivity contribution in [3.63, 3.8) is 0 Å². The molecular formula is C17H30N2OS. The fourth-order valence-electron chi connectivity index (χ4n) is 4.00. The summed E-state index contributed by atoms with van der Waals surface area (Å²) in [5, 5.41) is 0. The van der Waals surface area contributed by atoms with Crippen LogP contribution in [0.15, 0.2) is 0 Å². The first kappa shape index (κ1) is 16.7. The van der Waals surface area contributed by atoms with Gasteiger partial charge in [-0.15, -0.1) is 0 Å². The van der Waals surface area contributed by atoms with Crippen molar-refractivity contribution in [1.82, 2.24) is 4.90 Å². The summed E-state index contributed by atoms with van der Waals surface area (Å²) in [4.78, 5) is 15.9. The van der Waals surface area contributed by atoms with Crippen LogP contribution in [0.3, 0.4) is 0 Å². The first-order chi connectivity index (χ1) is 9.97. The molecule has 0 atom stereocenters. The van der Waals surface area contributed by atoms with Crippen molar-refractivity contribution in [2.45, 2.75) is 77.7 Å². The smallest absolute Gasteiger partial charge is 0.235 e. The number of rotatable bonds is 5. The van der Waals surface area contributed by atoms with Crippen LogP contribution in [0.5, 0.6) is 0 Å². The van der Waals surface area contributed by atoms with E-state index >= 15 is 0 Å². The molecule has 0 bridgehead atoms. The second kappa shape index (κ2) is 7.08. The van der Waals surface area contributed by atoms with Gasteiger partial charge in [0.15, 0.2) is 0 Å². The lowest BCUT2D eigenvalue weighted by molar-refractivity contribution is -0.142. The molecule has 4 heteroatoms. The molecule has 0 spiro atoms. The van der Waals surface area contributed by atoms with Gasteiger partial charge in [-0.3, -0.25) is 4.79 Å². The summed E-state index contributed by atoms with van der Waals surface area (Å²) < 4.78 is 0. The summed E-state index contributed by atoms with van der Waals surface area (Å²) in [6.07, 6.45) is 9.82. The molecule has 2 rings (SSSR count). The lowest BCUT2D eigenvalue weighted by Crippen LogP contribution is -2.54. The molecule has 0 heterocycles. The molecule has 21 heavy (non-hydrogen) atoms. The second-order valence-electron chi connectivity index (χ2n) is 7.30. The normalized spacial score (nSPS) is 22.4. The van der Waals surface area contributed by atoms with Crippen LogP contribution in [0.2, 0.25) is 0 Å². The first-order valence-electron chi connectivity index (χ1n) is 8.58. The van der Waals surface area contributed by atoms with Crippen molar-refractivity contribution >= 4 is 23.1 Å². The number of nitrogens with two attached hydrogens (primary N) is 1. The van der Waals surface area contributed by atoms with Crippen LogP contribution in [0, 0.1) is 11.3 Å². The van der Waals surface area contributed by atoms with Gasteiger partial charge in [-0.05, 0) is 31.6 Å². The fourth-order valence-corrected chi connectivity index (χ4v) is 4.29. The molecule has 2 N–H and O–H groups in total. The molecule has 0 aromatic rings. The molecule has 3 nitrogen and oxygen atoms in total. The first-order valence-corrected chi connectivity index (χ1v) is 8.99. The summed E-state index contributed by atoms with van der Waals surface area (Å²) in [6.45, 7) is 5.21. The van der Waals surface area contributed by atoms with E-state index in [0.717, 1.165) is 45.1 Å². The van der Waals surface area contributed by atoms with Crippen LogP contribution in [-0.2, 0) is 4.79 Å². The van der Waals surface area contributed by atoms with Crippen LogP contribution < -0.4 is 5.73 Å². The van der Waals surface area contributed by atoms with Crippen molar-refractivity contribution in [2.75, 3.05) is 6.54 Å². The molecule has 0 radical (unpaired) electrons. The zero-order valence-corrected chi connectivity index (χ0v) is 14.4. The molecule has 0 aromatic heterocycles. The monoisotopic (exact) mass is 310 g/mol. The van der Waals surface area contributed by atoms with Gasteiger partial charge in [0.2, 0.25) is 5.91 Å². The van der Waals surface area contributed by atoms with E-state index in [-0.39, 0.29) is 5.91 Å². The van der Waals surface area contributed by atoms with Gasteiger partial charge < -0.3 is 10.6 Å². The molecule has 0 saturated heterocycles. The molecule has 1 amide bonds. The summed E-state index contributed by atoms with van der Waals surface area (Å²) in [6, 6.07) is 0.410. The minimum atomic E-state index is -0.551. The minimum absolute atomic E-state index is 0.232. The average molecular weight is 311 g/mol. The number of hydrogen-bond donors (Lipinski definition) is 1. The van der Waals surface area contributed by atoms with Crippen molar-refractivity contribution in [3.05, 3.63) is 0 Å². The maximum Gasteiger partial charge on any atom is 0.235 e. The molecule has 2 saturated carbocycles. The van der Waals surface area contributed by atoms with Crippen LogP contribution in [-0.4, -0.2) is 28.4 Å². The Kier molecular flexibility index (Phi) is 5.64. The highest BCUT2D eigenvalue weighted by Crippen LogP contribution is 2.40. The fraction of sp³-hybridized carbons (Fsp3) is 0.882. The number of carbonyl (C=O) groups excluding carboxylic acids is 1. The van der Waals surface area contributed by atoms with Gasteiger partial charge in [-0.1, -0.05) is 58.2 Å². The largest absolute Gasteiger partial charge is 0.392 e. The molecule has 0 aromatic carbocycles. The number of nitrogens with zero attached hydrogens (tertiary/aromatic N) is 1. The lowest BCUT2D eigenvalue weighted by Gasteiger charge is -2.42. The van der Waals surface area contributed by atoms with Crippen molar-refractivity contribution in [2.24, 2.45) is 17.1 Å². The van der Waals surface area contributed by atoms with Crippen LogP contribution in [0.25, 0.3) is 0 Å². The summed E-state index contributed by atoms with van der Waals surface area (Å²) in [5.41, 5.74) is 5.50. The zero-order valence-electron chi connectivity index (χ0n) is 13.6. The number of hydrogen-bond acceptors (Lipinski definition) is 2. The van der Waals surface area contributed by atoms with Gasteiger partial charge >= 0.3 is 0 Å². The van der Waals surface area contributed by atoms with E-state index in [1.165, 1.54) is 19.3 Å². The van der Waals surface area contributed by atoms with Crippen LogP contribution in [0.1, 0.15) is 71.6 Å². The van der Waals surface area contributed by atoms with Gasteiger partial charge in [0, 0.05) is 12.6 Å². The highest BCUT2D eigenvalue weighted by atomic mass is 32.1. The Labute approximate surface area is 134 Å². The van der Waals surface area contributed by atoms with Gasteiger partial charge in [0.05, 0.1) is 10.4 Å². The van der Waals surface area contributed by atoms with Crippen LogP contribution in [0.4, 0.5) is 0 Å². The van der Waals surface area contributed by atoms with E-state index in [0.29, 0.717) is 16.9 Å². The van der Waals surface area contributed by atoms with Crippen molar-refractivity contribution in [3.8, 4) is 0 Å². The number of amides is 1. The molecule has 0 unspecified atom stereocenters. The molecule has 2 aliphatic carbocycles. The summed E-state index contributed by atoms with van der Waals surface area (Å²) in [5.74, 6) is 0.719. The maximum absolute atomic E-state index is 13.3. The van der Waals surface area contributed by atoms with E-state index in [9.17, 15) is 4.79 Å². The Bertz CT molecular complexity index is 382. The Balaban J connectivity index is 2.23. The molecule has 0 aliphatic heterocycles. The van der Waals surface area contributed by atoms with Gasteiger partial charge in [0.25, 0.3) is 0 Å². The molecule has 2 aliphatic rings. The van der Waals surface area contributed by atoms with Gasteiger partial charge in [-0.25, -0.2) is 0 Å². The molecule has 120 valence electrons.